The SMILES string of the molecule is Cc1cnc(C(C)NC(=O)c2ccc(CCN)cc2)s1. The van der Waals surface area contributed by atoms with Crippen LogP contribution in [-0.4, -0.2) is 17.4 Å². The highest BCUT2D eigenvalue weighted by atomic mass is 32.1. The van der Waals surface area contributed by atoms with E-state index in [0.29, 0.717) is 12.1 Å². The molecule has 0 fully saturated rings. The van der Waals surface area contributed by atoms with E-state index in [4.69, 9.17) is 5.73 Å². The van der Waals surface area contributed by atoms with E-state index in [0.717, 1.165) is 21.9 Å². The summed E-state index contributed by atoms with van der Waals surface area (Å²) >= 11 is 1.60. The van der Waals surface area contributed by atoms with Crippen molar-refractivity contribution in [1.29, 1.82) is 0 Å². The van der Waals surface area contributed by atoms with Gasteiger partial charge in [-0.15, -0.1) is 11.3 Å². The summed E-state index contributed by atoms with van der Waals surface area (Å²) in [5.74, 6) is -0.0790. The molecule has 0 radical (unpaired) electrons. The van der Waals surface area contributed by atoms with Crippen LogP contribution in [0.1, 0.15) is 38.8 Å². The van der Waals surface area contributed by atoms with Crippen LogP contribution in [0.25, 0.3) is 0 Å². The molecule has 0 aliphatic carbocycles. The highest BCUT2D eigenvalue weighted by Gasteiger charge is 2.13. The molecule has 0 aliphatic rings. The Bertz CT molecular complexity index is 577. The summed E-state index contributed by atoms with van der Waals surface area (Å²) in [6, 6.07) is 7.48. The van der Waals surface area contributed by atoms with Gasteiger partial charge < -0.3 is 11.1 Å². The van der Waals surface area contributed by atoms with Gasteiger partial charge in [-0.1, -0.05) is 12.1 Å². The second-order valence-corrected chi connectivity index (χ2v) is 6.01. The molecule has 1 unspecified atom stereocenters. The van der Waals surface area contributed by atoms with E-state index >= 15 is 0 Å². The van der Waals surface area contributed by atoms with E-state index in [1.165, 1.54) is 0 Å². The molecule has 3 N–H and O–H groups in total. The maximum Gasteiger partial charge on any atom is 0.251 e. The average Bonchev–Trinajstić information content (AvgIpc) is 2.86. The van der Waals surface area contributed by atoms with Crippen LogP contribution < -0.4 is 11.1 Å². The fourth-order valence-electron chi connectivity index (χ4n) is 1.90. The number of thiazole rings is 1. The first-order valence-electron chi connectivity index (χ1n) is 6.62. The molecule has 0 saturated heterocycles. The first-order chi connectivity index (χ1) is 9.60. The number of rotatable bonds is 5. The summed E-state index contributed by atoms with van der Waals surface area (Å²) in [6.07, 6.45) is 2.65. The summed E-state index contributed by atoms with van der Waals surface area (Å²) in [7, 11) is 0. The van der Waals surface area contributed by atoms with Crippen molar-refractivity contribution in [2.75, 3.05) is 6.54 Å². The normalized spacial score (nSPS) is 12.2. The summed E-state index contributed by atoms with van der Waals surface area (Å²) in [5, 5.41) is 3.89. The topological polar surface area (TPSA) is 68.0 Å². The Morgan fingerprint density at radius 1 is 1.40 bits per heavy atom. The van der Waals surface area contributed by atoms with Gasteiger partial charge in [-0.25, -0.2) is 4.98 Å². The van der Waals surface area contributed by atoms with E-state index in [-0.39, 0.29) is 11.9 Å². The van der Waals surface area contributed by atoms with Crippen molar-refractivity contribution in [1.82, 2.24) is 10.3 Å². The van der Waals surface area contributed by atoms with Gasteiger partial charge in [0, 0.05) is 16.6 Å². The third-order valence-electron chi connectivity index (χ3n) is 3.01. The number of aryl methyl sites for hydroxylation is 1. The molecule has 4 nitrogen and oxygen atoms in total. The molecule has 20 heavy (non-hydrogen) atoms. The molecule has 2 rings (SSSR count). The van der Waals surface area contributed by atoms with Crippen LogP contribution in [0.2, 0.25) is 0 Å². The molecule has 0 spiro atoms. The minimum absolute atomic E-state index is 0.0788. The van der Waals surface area contributed by atoms with E-state index in [1.54, 1.807) is 11.3 Å². The van der Waals surface area contributed by atoms with Crippen LogP contribution in [0, 0.1) is 6.92 Å². The second-order valence-electron chi connectivity index (χ2n) is 4.74. The van der Waals surface area contributed by atoms with Crippen LogP contribution in [0.4, 0.5) is 0 Å². The van der Waals surface area contributed by atoms with Gasteiger partial charge in [0.15, 0.2) is 0 Å². The van der Waals surface area contributed by atoms with Crippen LogP contribution in [-0.2, 0) is 6.42 Å². The number of amides is 1. The minimum atomic E-state index is -0.0790. The largest absolute Gasteiger partial charge is 0.343 e. The van der Waals surface area contributed by atoms with Gasteiger partial charge in [-0.3, -0.25) is 4.79 Å². The lowest BCUT2D eigenvalue weighted by Gasteiger charge is -2.11. The van der Waals surface area contributed by atoms with Gasteiger partial charge in [-0.05, 0) is 44.5 Å². The number of aromatic nitrogens is 1. The first-order valence-corrected chi connectivity index (χ1v) is 7.44. The number of carbonyl (C=O) groups is 1. The summed E-state index contributed by atoms with van der Waals surface area (Å²) in [5.41, 5.74) is 7.31. The summed E-state index contributed by atoms with van der Waals surface area (Å²) < 4.78 is 0. The zero-order valence-electron chi connectivity index (χ0n) is 11.7. The number of nitrogens with zero attached hydrogens (tertiary/aromatic N) is 1. The molecule has 0 bridgehead atoms. The van der Waals surface area contributed by atoms with E-state index in [2.05, 4.69) is 10.3 Å². The maximum absolute atomic E-state index is 12.1. The van der Waals surface area contributed by atoms with E-state index < -0.39 is 0 Å². The molecule has 0 saturated carbocycles. The van der Waals surface area contributed by atoms with Crippen molar-refractivity contribution in [2.24, 2.45) is 5.73 Å². The van der Waals surface area contributed by atoms with Crippen LogP contribution in [0.5, 0.6) is 0 Å². The first kappa shape index (κ1) is 14.7. The van der Waals surface area contributed by atoms with Gasteiger partial charge in [0.05, 0.1) is 6.04 Å². The maximum atomic E-state index is 12.1. The quantitative estimate of drug-likeness (QED) is 0.888. The van der Waals surface area contributed by atoms with Crippen molar-refractivity contribution < 1.29 is 4.79 Å². The van der Waals surface area contributed by atoms with Crippen molar-refractivity contribution in [3.63, 3.8) is 0 Å². The molecule has 106 valence electrons. The molecule has 1 atom stereocenters. The number of nitrogens with two attached hydrogens (primary N) is 1. The average molecular weight is 289 g/mol. The molecular formula is C15H19N3OS. The zero-order valence-corrected chi connectivity index (χ0v) is 12.5. The van der Waals surface area contributed by atoms with Crippen molar-refractivity contribution in [3.05, 3.63) is 51.5 Å². The number of benzene rings is 1. The molecule has 1 heterocycles. The Kier molecular flexibility index (Phi) is 4.87. The van der Waals surface area contributed by atoms with Crippen LogP contribution >= 0.6 is 11.3 Å². The van der Waals surface area contributed by atoms with Crippen molar-refractivity contribution >= 4 is 17.2 Å². The van der Waals surface area contributed by atoms with Crippen LogP contribution in [0.15, 0.2) is 30.5 Å². The predicted molar refractivity (Wildman–Crippen MR) is 81.9 cm³/mol. The Balaban J connectivity index is 2.00. The third-order valence-corrected chi connectivity index (χ3v) is 4.10. The lowest BCUT2D eigenvalue weighted by atomic mass is 10.1. The van der Waals surface area contributed by atoms with Gasteiger partial charge in [-0.2, -0.15) is 0 Å². The molecule has 5 heteroatoms. The van der Waals surface area contributed by atoms with Gasteiger partial charge in [0.2, 0.25) is 0 Å². The summed E-state index contributed by atoms with van der Waals surface area (Å²) in [4.78, 5) is 17.6. The highest BCUT2D eigenvalue weighted by molar-refractivity contribution is 7.11. The molecule has 1 aromatic heterocycles. The van der Waals surface area contributed by atoms with E-state index in [1.807, 2.05) is 44.3 Å². The number of nitrogens with one attached hydrogen (secondary N) is 1. The lowest BCUT2D eigenvalue weighted by molar-refractivity contribution is 0.0940. The molecule has 2 aromatic rings. The van der Waals surface area contributed by atoms with E-state index in [9.17, 15) is 4.79 Å². The van der Waals surface area contributed by atoms with Gasteiger partial charge in [0.25, 0.3) is 5.91 Å². The number of carbonyl (C=O) groups excluding carboxylic acids is 1. The smallest absolute Gasteiger partial charge is 0.251 e. The van der Waals surface area contributed by atoms with Gasteiger partial charge in [0.1, 0.15) is 5.01 Å². The van der Waals surface area contributed by atoms with Crippen molar-refractivity contribution in [2.45, 2.75) is 26.3 Å². The Labute approximate surface area is 123 Å². The number of hydrogen-bond donors (Lipinski definition) is 2. The molecule has 1 aromatic carbocycles. The third kappa shape index (κ3) is 3.65. The monoisotopic (exact) mass is 289 g/mol. The number of hydrogen-bond acceptors (Lipinski definition) is 4. The standard InChI is InChI=1S/C15H19N3OS/c1-10-9-17-15(20-10)11(2)18-14(19)13-5-3-12(4-6-13)7-8-16/h3-6,9,11H,7-8,16H2,1-2H3,(H,18,19). The Morgan fingerprint density at radius 3 is 2.65 bits per heavy atom. The highest BCUT2D eigenvalue weighted by Crippen LogP contribution is 2.19. The van der Waals surface area contributed by atoms with Gasteiger partial charge >= 0.3 is 0 Å². The predicted octanol–water partition coefficient (Wildman–Crippen LogP) is 2.44. The molecular weight excluding hydrogens is 270 g/mol. The summed E-state index contributed by atoms with van der Waals surface area (Å²) in [6.45, 7) is 4.57. The molecule has 1 amide bonds. The fourth-order valence-corrected chi connectivity index (χ4v) is 2.68. The Hall–Kier alpha value is -1.72. The zero-order chi connectivity index (χ0) is 14.5. The minimum Gasteiger partial charge on any atom is -0.343 e. The van der Waals surface area contributed by atoms with Crippen molar-refractivity contribution in [3.8, 4) is 0 Å². The Morgan fingerprint density at radius 2 is 2.10 bits per heavy atom. The van der Waals surface area contributed by atoms with Crippen LogP contribution in [0.3, 0.4) is 0 Å². The fraction of sp³-hybridized carbons (Fsp3) is 0.333. The second kappa shape index (κ2) is 6.63. The molecule has 0 aliphatic heterocycles. The lowest BCUT2D eigenvalue weighted by Crippen LogP contribution is -2.26.